The van der Waals surface area contributed by atoms with E-state index < -0.39 is 0 Å². The normalized spacial score (nSPS) is 10.9. The fraction of sp³-hybridized carbons (Fsp3) is 0.385. The molecular weight excluding hydrogens is 188 g/mol. The highest BCUT2D eigenvalue weighted by atomic mass is 16.5. The van der Waals surface area contributed by atoms with Crippen LogP contribution in [0, 0.1) is 0 Å². The van der Waals surface area contributed by atoms with E-state index in [0.717, 1.165) is 24.0 Å². The van der Waals surface area contributed by atoms with Crippen molar-refractivity contribution in [3.05, 3.63) is 29.3 Å². The highest BCUT2D eigenvalue weighted by Gasteiger charge is 2.09. The number of phenolic OH excluding ortho intramolecular Hbond substituents is 1. The topological polar surface area (TPSA) is 29.5 Å². The Morgan fingerprint density at radius 2 is 2.13 bits per heavy atom. The van der Waals surface area contributed by atoms with Crippen LogP contribution in [0.2, 0.25) is 0 Å². The van der Waals surface area contributed by atoms with Crippen molar-refractivity contribution in [2.45, 2.75) is 26.7 Å². The second-order valence-electron chi connectivity index (χ2n) is 3.44. The van der Waals surface area contributed by atoms with Crippen LogP contribution in [0.1, 0.15) is 31.4 Å². The van der Waals surface area contributed by atoms with Crippen molar-refractivity contribution in [3.8, 4) is 11.5 Å². The SMILES string of the molecule is CC=Cc1c(CCC)ccc(OC)c1O. The number of hydrogen-bond acceptors (Lipinski definition) is 2. The third kappa shape index (κ3) is 2.52. The predicted molar refractivity (Wildman–Crippen MR) is 63.4 cm³/mol. The van der Waals surface area contributed by atoms with Crippen molar-refractivity contribution in [1.82, 2.24) is 0 Å². The van der Waals surface area contributed by atoms with Crippen LogP contribution in [0.3, 0.4) is 0 Å². The van der Waals surface area contributed by atoms with Crippen LogP contribution >= 0.6 is 0 Å². The van der Waals surface area contributed by atoms with E-state index in [1.165, 1.54) is 0 Å². The van der Waals surface area contributed by atoms with Gasteiger partial charge < -0.3 is 9.84 Å². The van der Waals surface area contributed by atoms with E-state index in [9.17, 15) is 5.11 Å². The van der Waals surface area contributed by atoms with E-state index in [1.807, 2.05) is 31.2 Å². The minimum atomic E-state index is 0.238. The van der Waals surface area contributed by atoms with Crippen LogP contribution < -0.4 is 4.74 Å². The monoisotopic (exact) mass is 206 g/mol. The Bertz CT molecular complexity index is 354. The second-order valence-corrected chi connectivity index (χ2v) is 3.44. The lowest BCUT2D eigenvalue weighted by Crippen LogP contribution is -1.92. The van der Waals surface area contributed by atoms with Crippen molar-refractivity contribution in [2.75, 3.05) is 7.11 Å². The Hall–Kier alpha value is -1.44. The van der Waals surface area contributed by atoms with Gasteiger partial charge in [0.15, 0.2) is 11.5 Å². The van der Waals surface area contributed by atoms with Gasteiger partial charge in [-0.2, -0.15) is 0 Å². The minimum absolute atomic E-state index is 0.238. The number of allylic oxidation sites excluding steroid dienone is 1. The Labute approximate surface area is 91.2 Å². The van der Waals surface area contributed by atoms with E-state index in [4.69, 9.17) is 4.74 Å². The molecule has 0 aliphatic heterocycles. The molecule has 1 aromatic carbocycles. The summed E-state index contributed by atoms with van der Waals surface area (Å²) in [4.78, 5) is 0. The molecule has 0 aliphatic carbocycles. The molecule has 1 aromatic rings. The number of methoxy groups -OCH3 is 1. The lowest BCUT2D eigenvalue weighted by Gasteiger charge is -2.10. The standard InChI is InChI=1S/C13H18O2/c1-4-6-10-8-9-12(15-3)13(14)11(10)7-5-2/h5,7-9,14H,4,6H2,1-3H3. The van der Waals surface area contributed by atoms with Crippen LogP contribution in [0.5, 0.6) is 11.5 Å². The fourth-order valence-electron chi connectivity index (χ4n) is 1.63. The van der Waals surface area contributed by atoms with Gasteiger partial charge in [-0.3, -0.25) is 0 Å². The summed E-state index contributed by atoms with van der Waals surface area (Å²) >= 11 is 0. The maximum atomic E-state index is 9.95. The van der Waals surface area contributed by atoms with Crippen LogP contribution in [0.25, 0.3) is 6.08 Å². The Morgan fingerprint density at radius 3 is 2.67 bits per heavy atom. The molecule has 0 heterocycles. The first kappa shape index (κ1) is 11.6. The van der Waals surface area contributed by atoms with Crippen LogP contribution in [0.4, 0.5) is 0 Å². The summed E-state index contributed by atoms with van der Waals surface area (Å²) in [5.41, 5.74) is 2.03. The Kier molecular flexibility index (Phi) is 4.22. The molecule has 0 unspecified atom stereocenters. The zero-order valence-corrected chi connectivity index (χ0v) is 9.58. The molecule has 15 heavy (non-hydrogen) atoms. The zero-order valence-electron chi connectivity index (χ0n) is 9.58. The van der Waals surface area contributed by atoms with E-state index in [1.54, 1.807) is 7.11 Å². The summed E-state index contributed by atoms with van der Waals surface area (Å²) < 4.78 is 5.08. The van der Waals surface area contributed by atoms with Crippen molar-refractivity contribution >= 4 is 6.08 Å². The van der Waals surface area contributed by atoms with Crippen molar-refractivity contribution in [2.24, 2.45) is 0 Å². The van der Waals surface area contributed by atoms with Gasteiger partial charge in [0.1, 0.15) is 0 Å². The first-order chi connectivity index (χ1) is 7.24. The van der Waals surface area contributed by atoms with E-state index in [2.05, 4.69) is 6.92 Å². The fourth-order valence-corrected chi connectivity index (χ4v) is 1.63. The summed E-state index contributed by atoms with van der Waals surface area (Å²) in [6.07, 6.45) is 5.88. The summed E-state index contributed by atoms with van der Waals surface area (Å²) in [6, 6.07) is 3.82. The molecule has 1 rings (SSSR count). The van der Waals surface area contributed by atoms with Gasteiger partial charge in [-0.25, -0.2) is 0 Å². The number of benzene rings is 1. The van der Waals surface area contributed by atoms with E-state index >= 15 is 0 Å². The van der Waals surface area contributed by atoms with E-state index in [0.29, 0.717) is 5.75 Å². The summed E-state index contributed by atoms with van der Waals surface area (Å²) in [5.74, 6) is 0.768. The number of rotatable bonds is 4. The van der Waals surface area contributed by atoms with Gasteiger partial charge in [0.2, 0.25) is 0 Å². The van der Waals surface area contributed by atoms with Gasteiger partial charge in [0.25, 0.3) is 0 Å². The molecule has 0 bridgehead atoms. The van der Waals surface area contributed by atoms with Crippen LogP contribution in [-0.4, -0.2) is 12.2 Å². The zero-order chi connectivity index (χ0) is 11.3. The largest absolute Gasteiger partial charge is 0.504 e. The average molecular weight is 206 g/mol. The Morgan fingerprint density at radius 1 is 1.40 bits per heavy atom. The van der Waals surface area contributed by atoms with Gasteiger partial charge in [0.05, 0.1) is 7.11 Å². The lowest BCUT2D eigenvalue weighted by molar-refractivity contribution is 0.372. The molecule has 0 spiro atoms. The average Bonchev–Trinajstić information content (AvgIpc) is 2.24. The molecule has 0 atom stereocenters. The molecule has 1 N–H and O–H groups in total. The van der Waals surface area contributed by atoms with Gasteiger partial charge >= 0.3 is 0 Å². The molecule has 0 aliphatic rings. The first-order valence-corrected chi connectivity index (χ1v) is 5.26. The first-order valence-electron chi connectivity index (χ1n) is 5.26. The Balaban J connectivity index is 3.23. The molecule has 0 radical (unpaired) electrons. The van der Waals surface area contributed by atoms with Crippen molar-refractivity contribution in [1.29, 1.82) is 0 Å². The molecular formula is C13H18O2. The third-order valence-corrected chi connectivity index (χ3v) is 2.34. The van der Waals surface area contributed by atoms with Crippen LogP contribution in [0.15, 0.2) is 18.2 Å². The maximum absolute atomic E-state index is 9.95. The molecule has 0 saturated carbocycles. The molecule has 2 nitrogen and oxygen atoms in total. The summed E-state index contributed by atoms with van der Waals surface area (Å²) in [5, 5.41) is 9.95. The third-order valence-electron chi connectivity index (χ3n) is 2.34. The predicted octanol–water partition coefficient (Wildman–Crippen LogP) is 3.39. The number of aromatic hydroxyl groups is 1. The molecule has 0 amide bonds. The molecule has 0 fully saturated rings. The highest BCUT2D eigenvalue weighted by Crippen LogP contribution is 2.33. The van der Waals surface area contributed by atoms with Gasteiger partial charge in [-0.15, -0.1) is 0 Å². The number of ether oxygens (including phenoxy) is 1. The molecule has 0 saturated heterocycles. The van der Waals surface area contributed by atoms with Gasteiger partial charge in [-0.1, -0.05) is 31.6 Å². The highest BCUT2D eigenvalue weighted by molar-refractivity contribution is 5.65. The minimum Gasteiger partial charge on any atom is -0.504 e. The van der Waals surface area contributed by atoms with Crippen molar-refractivity contribution in [3.63, 3.8) is 0 Å². The molecule has 2 heteroatoms. The smallest absolute Gasteiger partial charge is 0.165 e. The number of hydrogen-bond donors (Lipinski definition) is 1. The maximum Gasteiger partial charge on any atom is 0.165 e. The summed E-state index contributed by atoms with van der Waals surface area (Å²) in [7, 11) is 1.56. The summed E-state index contributed by atoms with van der Waals surface area (Å²) in [6.45, 7) is 4.06. The van der Waals surface area contributed by atoms with Crippen LogP contribution in [-0.2, 0) is 6.42 Å². The quantitative estimate of drug-likeness (QED) is 0.818. The lowest BCUT2D eigenvalue weighted by atomic mass is 10.0. The van der Waals surface area contributed by atoms with Gasteiger partial charge in [-0.05, 0) is 25.0 Å². The number of phenols is 1. The molecule has 82 valence electrons. The second kappa shape index (κ2) is 5.44. The number of aryl methyl sites for hydroxylation is 1. The molecule has 0 aromatic heterocycles. The van der Waals surface area contributed by atoms with E-state index in [-0.39, 0.29) is 5.75 Å². The van der Waals surface area contributed by atoms with Gasteiger partial charge in [0, 0.05) is 5.56 Å². The van der Waals surface area contributed by atoms with Crippen molar-refractivity contribution < 1.29 is 9.84 Å².